The summed E-state index contributed by atoms with van der Waals surface area (Å²) < 4.78 is 12.8. The quantitative estimate of drug-likeness (QED) is 0.100. The third-order valence-corrected chi connectivity index (χ3v) is 14.8. The number of benzene rings is 8. The topological polar surface area (TPSA) is 52.6 Å². The van der Waals surface area contributed by atoms with E-state index in [-0.39, 0.29) is 0 Å². The van der Waals surface area contributed by atoms with E-state index in [2.05, 4.69) is 62.4 Å². The molecule has 0 saturated carbocycles. The first-order valence-corrected chi connectivity index (χ1v) is 24.1. The fourth-order valence-electron chi connectivity index (χ4n) is 11.7. The van der Waals surface area contributed by atoms with Crippen molar-refractivity contribution in [3.05, 3.63) is 203 Å². The van der Waals surface area contributed by atoms with Crippen LogP contribution in [0.2, 0.25) is 0 Å². The minimum atomic E-state index is -0.468. The highest BCUT2D eigenvalue weighted by molar-refractivity contribution is 6.11. The van der Waals surface area contributed by atoms with Crippen molar-refractivity contribution >= 4 is 33.5 Å². The number of allylic oxidation sites excluding steroid dienone is 2. The van der Waals surface area contributed by atoms with Crippen LogP contribution in [0.15, 0.2) is 181 Å². The highest BCUT2D eigenvalue weighted by atomic mass is 16.5. The molecule has 8 aliphatic rings. The molecule has 4 unspecified atom stereocenters. The van der Waals surface area contributed by atoms with Crippen molar-refractivity contribution in [2.24, 2.45) is 11.8 Å². The first-order chi connectivity index (χ1) is 32.4. The summed E-state index contributed by atoms with van der Waals surface area (Å²) in [4.78, 5) is 28.4. The van der Waals surface area contributed by atoms with Gasteiger partial charge in [-0.2, -0.15) is 0 Å². The first-order valence-electron chi connectivity index (χ1n) is 24.1. The maximum atomic E-state index is 14.2. The van der Waals surface area contributed by atoms with Gasteiger partial charge in [0.15, 0.2) is 0 Å². The molecule has 0 spiro atoms. The number of ether oxygens (including phenoxy) is 2. The van der Waals surface area contributed by atoms with Gasteiger partial charge in [-0.1, -0.05) is 171 Å². The van der Waals surface area contributed by atoms with E-state index in [0.29, 0.717) is 57.4 Å². The first kappa shape index (κ1) is 41.7. The maximum Gasteiger partial charge on any atom is 0.343 e. The molecule has 0 fully saturated rings. The van der Waals surface area contributed by atoms with Gasteiger partial charge in [0.05, 0.1) is 11.1 Å². The molecule has 66 heavy (non-hydrogen) atoms. The van der Waals surface area contributed by atoms with Crippen molar-refractivity contribution in [1.29, 1.82) is 0 Å². The Morgan fingerprint density at radius 3 is 1.15 bits per heavy atom. The number of rotatable bonds is 4. The van der Waals surface area contributed by atoms with Crippen molar-refractivity contribution < 1.29 is 19.1 Å². The number of fused-ring (bicyclic) bond motifs is 4. The Morgan fingerprint density at radius 1 is 0.394 bits per heavy atom. The van der Waals surface area contributed by atoms with Gasteiger partial charge >= 0.3 is 11.9 Å². The van der Waals surface area contributed by atoms with Crippen LogP contribution in [0.4, 0.5) is 0 Å². The van der Waals surface area contributed by atoms with Gasteiger partial charge in [0, 0.05) is 23.0 Å². The van der Waals surface area contributed by atoms with Crippen LogP contribution in [-0.4, -0.2) is 11.9 Å². The summed E-state index contributed by atoms with van der Waals surface area (Å²) in [5.41, 5.74) is 12.8. The summed E-state index contributed by atoms with van der Waals surface area (Å²) in [6, 6.07) is 57.7. The van der Waals surface area contributed by atoms with E-state index in [1.165, 1.54) is 62.5 Å². The average Bonchev–Trinajstić information content (AvgIpc) is 3.36. The van der Waals surface area contributed by atoms with E-state index < -0.39 is 11.9 Å². The lowest BCUT2D eigenvalue weighted by Crippen LogP contribution is -2.30. The standard InChI is InChI=1S/C62H54O4/c1-3-9-47-31-35-53-45-23-15-39(16-24-45)41-19-27-49(28-20-41)61(63)65-55-37-33-43-11-5-7-13-51(43)59(55)60-52-14-8-6-12-44(52)34-38-56(60)66-62(64)50-29-21-42(22-30-50)40-17-25-46(26-18-40)54-36-32-48(10-4-2)57(47)58(53)54/h5-8,11-30,33-34,37-38,47-48,53-54H,3-4,9-10,31-32,35-36H2,1-2H3. The summed E-state index contributed by atoms with van der Waals surface area (Å²) in [5.74, 6) is 1.88. The molecule has 0 radical (unpaired) electrons. The Bertz CT molecular complexity index is 2930. The zero-order valence-electron chi connectivity index (χ0n) is 37.8. The molecule has 6 aliphatic heterocycles. The van der Waals surface area contributed by atoms with Crippen LogP contribution in [0.3, 0.4) is 0 Å². The van der Waals surface area contributed by atoms with Crippen LogP contribution in [0.5, 0.6) is 11.5 Å². The highest BCUT2D eigenvalue weighted by Crippen LogP contribution is 2.56. The number of esters is 2. The summed E-state index contributed by atoms with van der Waals surface area (Å²) in [7, 11) is 0. The molecule has 4 heteroatoms. The van der Waals surface area contributed by atoms with Crippen molar-refractivity contribution in [2.75, 3.05) is 0 Å². The second kappa shape index (κ2) is 17.7. The number of hydrogen-bond donors (Lipinski definition) is 0. The SMILES string of the molecule is CCCC1CCC2C3=C1C(CCC)CCC3c1ccc(cc1)-c1ccc(cc1)C(=O)Oc1ccc3ccccc3c1-c1c(ccc3ccccc13)OC(=O)c1ccc(cc1)-c1ccc2cc1. The van der Waals surface area contributed by atoms with Gasteiger partial charge in [-0.15, -0.1) is 0 Å². The van der Waals surface area contributed by atoms with E-state index in [9.17, 15) is 9.59 Å². The fourth-order valence-corrected chi connectivity index (χ4v) is 11.7. The summed E-state index contributed by atoms with van der Waals surface area (Å²) in [5, 5.41) is 3.67. The van der Waals surface area contributed by atoms with Crippen LogP contribution < -0.4 is 9.47 Å². The second-order valence-corrected chi connectivity index (χ2v) is 18.6. The molecule has 0 N–H and O–H groups in total. The van der Waals surface area contributed by atoms with Gasteiger partial charge in [-0.05, 0) is 142 Å². The zero-order valence-corrected chi connectivity index (χ0v) is 37.8. The molecule has 8 aromatic rings. The molecule has 4 atom stereocenters. The molecule has 326 valence electrons. The molecule has 8 bridgehead atoms. The molecule has 8 aromatic carbocycles. The van der Waals surface area contributed by atoms with E-state index in [1.807, 2.05) is 121 Å². The summed E-state index contributed by atoms with van der Waals surface area (Å²) in [6.45, 7) is 4.70. The van der Waals surface area contributed by atoms with E-state index >= 15 is 0 Å². The predicted octanol–water partition coefficient (Wildman–Crippen LogP) is 16.3. The molecule has 0 saturated heterocycles. The highest BCUT2D eigenvalue weighted by Gasteiger charge is 2.40. The van der Waals surface area contributed by atoms with Gasteiger partial charge in [0.1, 0.15) is 11.5 Å². The predicted molar refractivity (Wildman–Crippen MR) is 268 cm³/mol. The second-order valence-electron chi connectivity index (χ2n) is 18.6. The lowest BCUT2D eigenvalue weighted by molar-refractivity contribution is 0.0723. The number of hydrogen-bond acceptors (Lipinski definition) is 4. The fraction of sp³-hybridized carbons (Fsp3) is 0.226. The number of carbonyl (C=O) groups excluding carboxylic acids is 2. The van der Waals surface area contributed by atoms with E-state index in [1.54, 1.807) is 11.1 Å². The minimum absolute atomic E-state index is 0.378. The van der Waals surface area contributed by atoms with Crippen molar-refractivity contribution in [3.8, 4) is 44.9 Å². The Kier molecular flexibility index (Phi) is 11.2. The molecule has 4 nitrogen and oxygen atoms in total. The third-order valence-electron chi connectivity index (χ3n) is 14.8. The third kappa shape index (κ3) is 7.62. The molecular formula is C62H54O4. The molecular weight excluding hydrogens is 809 g/mol. The van der Waals surface area contributed by atoms with Crippen LogP contribution in [0, 0.1) is 11.8 Å². The lowest BCUT2D eigenvalue weighted by atomic mass is 9.59. The van der Waals surface area contributed by atoms with Crippen molar-refractivity contribution in [3.63, 3.8) is 0 Å². The average molecular weight is 863 g/mol. The normalized spacial score (nSPS) is 19.3. The molecule has 6 heterocycles. The van der Waals surface area contributed by atoms with Gasteiger partial charge in [0.25, 0.3) is 0 Å². The molecule has 0 aromatic heterocycles. The van der Waals surface area contributed by atoms with Crippen LogP contribution in [0.1, 0.15) is 109 Å². The Hall–Kier alpha value is -7.04. The van der Waals surface area contributed by atoms with Gasteiger partial charge < -0.3 is 9.47 Å². The molecule has 16 rings (SSSR count). The van der Waals surface area contributed by atoms with Crippen molar-refractivity contribution in [1.82, 2.24) is 0 Å². The monoisotopic (exact) mass is 862 g/mol. The van der Waals surface area contributed by atoms with Crippen LogP contribution >= 0.6 is 0 Å². The Labute approximate surface area is 387 Å². The lowest BCUT2D eigenvalue weighted by Gasteiger charge is -2.45. The number of carbonyl (C=O) groups is 2. The van der Waals surface area contributed by atoms with E-state index in [4.69, 9.17) is 9.47 Å². The van der Waals surface area contributed by atoms with E-state index in [0.717, 1.165) is 43.8 Å². The zero-order chi connectivity index (χ0) is 44.7. The Balaban J connectivity index is 1.06. The Morgan fingerprint density at radius 2 is 0.758 bits per heavy atom. The maximum absolute atomic E-state index is 14.2. The van der Waals surface area contributed by atoms with Crippen LogP contribution in [0.25, 0.3) is 54.9 Å². The summed E-state index contributed by atoms with van der Waals surface area (Å²) >= 11 is 0. The van der Waals surface area contributed by atoms with Gasteiger partial charge in [-0.25, -0.2) is 9.59 Å². The molecule has 2 aliphatic carbocycles. The van der Waals surface area contributed by atoms with Gasteiger partial charge in [-0.3, -0.25) is 0 Å². The largest absolute Gasteiger partial charge is 0.422 e. The van der Waals surface area contributed by atoms with Gasteiger partial charge in [0.2, 0.25) is 0 Å². The molecule has 0 amide bonds. The van der Waals surface area contributed by atoms with Crippen molar-refractivity contribution in [2.45, 2.75) is 77.0 Å². The summed E-state index contributed by atoms with van der Waals surface area (Å²) in [6.07, 6.45) is 9.77. The minimum Gasteiger partial charge on any atom is -0.422 e. The van der Waals surface area contributed by atoms with Crippen LogP contribution in [-0.2, 0) is 0 Å². The smallest absolute Gasteiger partial charge is 0.343 e.